The number of nitrogens with two attached hydrogens (primary N) is 1. The van der Waals surface area contributed by atoms with Crippen LogP contribution in [0.4, 0.5) is 0 Å². The minimum atomic E-state index is -0.118. The molecule has 0 spiro atoms. The Morgan fingerprint density at radius 3 is 2.82 bits per heavy atom. The van der Waals surface area contributed by atoms with Crippen molar-refractivity contribution in [2.24, 2.45) is 11.7 Å². The Kier molecular flexibility index (Phi) is 2.65. The SMILES string of the molecule is C=CC(=O)NC(CN)C1CC1. The van der Waals surface area contributed by atoms with Gasteiger partial charge in [-0.1, -0.05) is 6.58 Å². The maximum Gasteiger partial charge on any atom is 0.243 e. The highest BCUT2D eigenvalue weighted by Gasteiger charge is 2.30. The van der Waals surface area contributed by atoms with Crippen LogP contribution in [-0.4, -0.2) is 18.5 Å². The van der Waals surface area contributed by atoms with Gasteiger partial charge in [-0.15, -0.1) is 0 Å². The first-order chi connectivity index (χ1) is 5.27. The van der Waals surface area contributed by atoms with E-state index in [4.69, 9.17) is 5.73 Å². The highest BCUT2D eigenvalue weighted by molar-refractivity contribution is 5.87. The molecule has 0 aromatic rings. The third-order valence-corrected chi connectivity index (χ3v) is 1.96. The Morgan fingerprint density at radius 2 is 2.45 bits per heavy atom. The molecule has 0 aromatic carbocycles. The molecule has 1 unspecified atom stereocenters. The molecule has 3 heteroatoms. The molecule has 0 heterocycles. The van der Waals surface area contributed by atoms with Gasteiger partial charge in [-0.3, -0.25) is 4.79 Å². The summed E-state index contributed by atoms with van der Waals surface area (Å²) in [4.78, 5) is 10.8. The van der Waals surface area contributed by atoms with E-state index in [0.717, 1.165) is 0 Å². The minimum Gasteiger partial charge on any atom is -0.348 e. The molecule has 3 N–H and O–H groups in total. The van der Waals surface area contributed by atoms with Crippen molar-refractivity contribution in [2.75, 3.05) is 6.54 Å². The van der Waals surface area contributed by atoms with Crippen molar-refractivity contribution in [1.29, 1.82) is 0 Å². The van der Waals surface area contributed by atoms with E-state index in [2.05, 4.69) is 11.9 Å². The van der Waals surface area contributed by atoms with Gasteiger partial charge < -0.3 is 11.1 Å². The number of nitrogens with one attached hydrogen (secondary N) is 1. The van der Waals surface area contributed by atoms with Crippen molar-refractivity contribution < 1.29 is 4.79 Å². The maximum absolute atomic E-state index is 10.8. The second-order valence-corrected chi connectivity index (χ2v) is 2.89. The van der Waals surface area contributed by atoms with Crippen molar-refractivity contribution in [2.45, 2.75) is 18.9 Å². The van der Waals surface area contributed by atoms with E-state index in [9.17, 15) is 4.79 Å². The van der Waals surface area contributed by atoms with Crippen LogP contribution in [-0.2, 0) is 4.79 Å². The summed E-state index contributed by atoms with van der Waals surface area (Å²) in [6.45, 7) is 3.91. The van der Waals surface area contributed by atoms with Gasteiger partial charge in [-0.2, -0.15) is 0 Å². The van der Waals surface area contributed by atoms with Crippen LogP contribution in [0.25, 0.3) is 0 Å². The zero-order valence-corrected chi connectivity index (χ0v) is 6.55. The van der Waals surface area contributed by atoms with Crippen molar-refractivity contribution in [3.8, 4) is 0 Å². The van der Waals surface area contributed by atoms with Gasteiger partial charge in [0.25, 0.3) is 0 Å². The number of hydrogen-bond acceptors (Lipinski definition) is 2. The Morgan fingerprint density at radius 1 is 1.82 bits per heavy atom. The number of carbonyl (C=O) groups is 1. The number of carbonyl (C=O) groups excluding carboxylic acids is 1. The molecule has 0 aliphatic heterocycles. The smallest absolute Gasteiger partial charge is 0.243 e. The minimum absolute atomic E-state index is 0.118. The first kappa shape index (κ1) is 8.27. The van der Waals surface area contributed by atoms with Crippen molar-refractivity contribution in [1.82, 2.24) is 5.32 Å². The fourth-order valence-corrected chi connectivity index (χ4v) is 1.11. The molecule has 0 radical (unpaired) electrons. The van der Waals surface area contributed by atoms with Crippen LogP contribution in [0.15, 0.2) is 12.7 Å². The molecule has 1 saturated carbocycles. The average Bonchev–Trinajstić information content (AvgIpc) is 2.82. The average molecular weight is 154 g/mol. The third-order valence-electron chi connectivity index (χ3n) is 1.96. The van der Waals surface area contributed by atoms with Gasteiger partial charge in [0.2, 0.25) is 5.91 Å². The molecule has 1 amide bonds. The lowest BCUT2D eigenvalue weighted by molar-refractivity contribution is -0.117. The van der Waals surface area contributed by atoms with Crippen molar-refractivity contribution in [3.05, 3.63) is 12.7 Å². The molecule has 62 valence electrons. The summed E-state index contributed by atoms with van der Waals surface area (Å²) < 4.78 is 0. The standard InChI is InChI=1S/C8H14N2O/c1-2-8(11)10-7(5-9)6-3-4-6/h2,6-7H,1,3-5,9H2,(H,10,11). The second-order valence-electron chi connectivity index (χ2n) is 2.89. The van der Waals surface area contributed by atoms with Crippen LogP contribution in [0.5, 0.6) is 0 Å². The number of hydrogen-bond donors (Lipinski definition) is 2. The highest BCUT2D eigenvalue weighted by atomic mass is 16.1. The van der Waals surface area contributed by atoms with Crippen LogP contribution < -0.4 is 11.1 Å². The summed E-state index contributed by atoms with van der Waals surface area (Å²) in [6.07, 6.45) is 3.67. The van der Waals surface area contributed by atoms with Gasteiger partial charge in [0, 0.05) is 12.6 Å². The van der Waals surface area contributed by atoms with Gasteiger partial charge >= 0.3 is 0 Å². The Bertz CT molecular complexity index is 163. The Balaban J connectivity index is 2.30. The monoisotopic (exact) mass is 154 g/mol. The third kappa shape index (κ3) is 2.35. The molecule has 1 aliphatic carbocycles. The van der Waals surface area contributed by atoms with Crippen LogP contribution in [0.2, 0.25) is 0 Å². The summed E-state index contributed by atoms with van der Waals surface area (Å²) >= 11 is 0. The van der Waals surface area contributed by atoms with E-state index in [0.29, 0.717) is 12.5 Å². The summed E-state index contributed by atoms with van der Waals surface area (Å²) in [7, 11) is 0. The predicted molar refractivity (Wildman–Crippen MR) is 43.9 cm³/mol. The van der Waals surface area contributed by atoms with Gasteiger partial charge in [0.05, 0.1) is 0 Å². The van der Waals surface area contributed by atoms with E-state index < -0.39 is 0 Å². The van der Waals surface area contributed by atoms with Crippen LogP contribution in [0.1, 0.15) is 12.8 Å². The molecule has 3 nitrogen and oxygen atoms in total. The van der Waals surface area contributed by atoms with E-state index in [-0.39, 0.29) is 11.9 Å². The maximum atomic E-state index is 10.8. The molecule has 1 rings (SSSR count). The molecule has 1 aliphatic rings. The van der Waals surface area contributed by atoms with Crippen molar-refractivity contribution in [3.63, 3.8) is 0 Å². The van der Waals surface area contributed by atoms with Crippen LogP contribution >= 0.6 is 0 Å². The predicted octanol–water partition coefficient (Wildman–Crippen LogP) is 0.0259. The largest absolute Gasteiger partial charge is 0.348 e. The van der Waals surface area contributed by atoms with Gasteiger partial charge in [-0.25, -0.2) is 0 Å². The second kappa shape index (κ2) is 3.53. The molecule has 1 fully saturated rings. The van der Waals surface area contributed by atoms with Gasteiger partial charge in [0.1, 0.15) is 0 Å². The fourth-order valence-electron chi connectivity index (χ4n) is 1.11. The number of rotatable bonds is 4. The molecule has 11 heavy (non-hydrogen) atoms. The summed E-state index contributed by atoms with van der Waals surface area (Å²) in [5, 5.41) is 2.80. The molecule has 0 aromatic heterocycles. The van der Waals surface area contributed by atoms with E-state index in [1.807, 2.05) is 0 Å². The summed E-state index contributed by atoms with van der Waals surface area (Å²) in [5.41, 5.74) is 5.47. The zero-order valence-electron chi connectivity index (χ0n) is 6.55. The van der Waals surface area contributed by atoms with Gasteiger partial charge in [0.15, 0.2) is 0 Å². The summed E-state index contributed by atoms with van der Waals surface area (Å²) in [5.74, 6) is 0.497. The lowest BCUT2D eigenvalue weighted by atomic mass is 10.2. The number of amides is 1. The first-order valence-electron chi connectivity index (χ1n) is 3.91. The molecule has 1 atom stereocenters. The van der Waals surface area contributed by atoms with Crippen molar-refractivity contribution >= 4 is 5.91 Å². The molecule has 0 saturated heterocycles. The zero-order chi connectivity index (χ0) is 8.27. The molecular weight excluding hydrogens is 140 g/mol. The topological polar surface area (TPSA) is 55.1 Å². The van der Waals surface area contributed by atoms with Crippen LogP contribution in [0.3, 0.4) is 0 Å². The quantitative estimate of drug-likeness (QED) is 0.561. The van der Waals surface area contributed by atoms with E-state index in [1.54, 1.807) is 0 Å². The highest BCUT2D eigenvalue weighted by Crippen LogP contribution is 2.32. The summed E-state index contributed by atoms with van der Waals surface area (Å²) in [6, 6.07) is 0.167. The lowest BCUT2D eigenvalue weighted by Crippen LogP contribution is -2.40. The van der Waals surface area contributed by atoms with Crippen LogP contribution in [0, 0.1) is 5.92 Å². The van der Waals surface area contributed by atoms with Gasteiger partial charge in [-0.05, 0) is 24.8 Å². The first-order valence-corrected chi connectivity index (χ1v) is 3.91. The Hall–Kier alpha value is -0.830. The van der Waals surface area contributed by atoms with E-state index in [1.165, 1.54) is 18.9 Å². The lowest BCUT2D eigenvalue weighted by Gasteiger charge is -2.13. The van der Waals surface area contributed by atoms with E-state index >= 15 is 0 Å². The Labute approximate surface area is 66.6 Å². The fraction of sp³-hybridized carbons (Fsp3) is 0.625. The normalized spacial score (nSPS) is 19.0. The molecule has 0 bridgehead atoms. The molecular formula is C8H14N2O.